The van der Waals surface area contributed by atoms with Crippen LogP contribution in [0.3, 0.4) is 0 Å². The van der Waals surface area contributed by atoms with Crippen molar-refractivity contribution in [1.82, 2.24) is 10.3 Å². The maximum absolute atomic E-state index is 11.6. The van der Waals surface area contributed by atoms with E-state index in [1.54, 1.807) is 49.8 Å². The highest BCUT2D eigenvalue weighted by molar-refractivity contribution is 5.96. The fourth-order valence-electron chi connectivity index (χ4n) is 1.41. The molecule has 1 N–H and O–H groups in total. The molecule has 0 aliphatic rings. The number of benzene rings is 1. The summed E-state index contributed by atoms with van der Waals surface area (Å²) in [4.78, 5) is 15.6. The molecule has 4 nitrogen and oxygen atoms in total. The summed E-state index contributed by atoms with van der Waals surface area (Å²) in [6.45, 7) is 0. The highest BCUT2D eigenvalue weighted by Crippen LogP contribution is 2.24. The van der Waals surface area contributed by atoms with Crippen molar-refractivity contribution < 1.29 is 9.53 Å². The number of aromatic nitrogens is 1. The summed E-state index contributed by atoms with van der Waals surface area (Å²) < 4.78 is 5.61. The van der Waals surface area contributed by atoms with Crippen molar-refractivity contribution in [3.05, 3.63) is 54.4 Å². The molecule has 0 saturated carbocycles. The van der Waals surface area contributed by atoms with Crippen LogP contribution in [-0.2, 0) is 0 Å². The summed E-state index contributed by atoms with van der Waals surface area (Å²) in [6, 6.07) is 10.6. The van der Waals surface area contributed by atoms with E-state index in [0.717, 1.165) is 0 Å². The number of rotatable bonds is 3. The molecular weight excluding hydrogens is 216 g/mol. The monoisotopic (exact) mass is 228 g/mol. The Morgan fingerprint density at radius 3 is 2.76 bits per heavy atom. The fourth-order valence-corrected chi connectivity index (χ4v) is 1.41. The van der Waals surface area contributed by atoms with Gasteiger partial charge in [0.05, 0.1) is 11.8 Å². The van der Waals surface area contributed by atoms with Crippen molar-refractivity contribution in [2.45, 2.75) is 0 Å². The molecule has 86 valence electrons. The molecule has 0 aliphatic heterocycles. The summed E-state index contributed by atoms with van der Waals surface area (Å²) in [5.41, 5.74) is 0.499. The Morgan fingerprint density at radius 2 is 2.06 bits per heavy atom. The van der Waals surface area contributed by atoms with Crippen LogP contribution in [0.1, 0.15) is 10.4 Å². The Balaban J connectivity index is 2.30. The molecule has 1 amide bonds. The lowest BCUT2D eigenvalue weighted by atomic mass is 10.2. The predicted octanol–water partition coefficient (Wildman–Crippen LogP) is 2.23. The van der Waals surface area contributed by atoms with E-state index in [1.807, 2.05) is 6.07 Å². The third kappa shape index (κ3) is 2.60. The van der Waals surface area contributed by atoms with E-state index >= 15 is 0 Å². The summed E-state index contributed by atoms with van der Waals surface area (Å²) >= 11 is 0. The minimum absolute atomic E-state index is 0.176. The normalized spacial score (nSPS) is 9.71. The zero-order valence-electron chi connectivity index (χ0n) is 9.38. The average Bonchev–Trinajstić information content (AvgIpc) is 2.40. The second kappa shape index (κ2) is 5.12. The molecule has 17 heavy (non-hydrogen) atoms. The molecule has 4 heteroatoms. The van der Waals surface area contributed by atoms with Gasteiger partial charge in [-0.25, -0.2) is 0 Å². The molecular formula is C13H12N2O2. The largest absolute Gasteiger partial charge is 0.455 e. The Labute approximate surface area is 99.3 Å². The topological polar surface area (TPSA) is 51.2 Å². The van der Waals surface area contributed by atoms with Gasteiger partial charge < -0.3 is 10.1 Å². The molecule has 0 fully saturated rings. The number of carbonyl (C=O) groups is 1. The van der Waals surface area contributed by atoms with Crippen LogP contribution in [0, 0.1) is 0 Å². The fraction of sp³-hybridized carbons (Fsp3) is 0.0769. The summed E-state index contributed by atoms with van der Waals surface area (Å²) in [7, 11) is 1.59. The second-order valence-electron chi connectivity index (χ2n) is 3.37. The lowest BCUT2D eigenvalue weighted by Crippen LogP contribution is -2.18. The van der Waals surface area contributed by atoms with Gasteiger partial charge >= 0.3 is 0 Å². The third-order valence-electron chi connectivity index (χ3n) is 2.22. The maximum Gasteiger partial charge on any atom is 0.254 e. The van der Waals surface area contributed by atoms with Crippen LogP contribution in [0.25, 0.3) is 0 Å². The van der Waals surface area contributed by atoms with Gasteiger partial charge in [0, 0.05) is 13.2 Å². The van der Waals surface area contributed by atoms with Crippen molar-refractivity contribution in [3.63, 3.8) is 0 Å². The molecule has 0 saturated heterocycles. The average molecular weight is 228 g/mol. The predicted molar refractivity (Wildman–Crippen MR) is 64.1 cm³/mol. The zero-order chi connectivity index (χ0) is 12.1. The van der Waals surface area contributed by atoms with E-state index in [2.05, 4.69) is 10.3 Å². The minimum atomic E-state index is -0.176. The van der Waals surface area contributed by atoms with E-state index in [0.29, 0.717) is 17.1 Å². The first-order valence-corrected chi connectivity index (χ1v) is 5.20. The van der Waals surface area contributed by atoms with Crippen LogP contribution in [0.5, 0.6) is 11.5 Å². The van der Waals surface area contributed by atoms with Crippen LogP contribution in [0.2, 0.25) is 0 Å². The van der Waals surface area contributed by atoms with Gasteiger partial charge in [0.15, 0.2) is 0 Å². The van der Waals surface area contributed by atoms with Gasteiger partial charge in [0.1, 0.15) is 11.5 Å². The zero-order valence-corrected chi connectivity index (χ0v) is 9.38. The van der Waals surface area contributed by atoms with Crippen molar-refractivity contribution in [1.29, 1.82) is 0 Å². The maximum atomic E-state index is 11.6. The number of hydrogen-bond donors (Lipinski definition) is 1. The quantitative estimate of drug-likeness (QED) is 0.876. The molecule has 1 heterocycles. The van der Waals surface area contributed by atoms with Gasteiger partial charge in [-0.15, -0.1) is 0 Å². The molecule has 1 aromatic carbocycles. The molecule has 2 aromatic rings. The number of carbonyl (C=O) groups excluding carboxylic acids is 1. The van der Waals surface area contributed by atoms with E-state index in [1.165, 1.54) is 0 Å². The van der Waals surface area contributed by atoms with Gasteiger partial charge in [-0.1, -0.05) is 12.1 Å². The number of ether oxygens (including phenoxy) is 1. The Kier molecular flexibility index (Phi) is 3.35. The first-order valence-electron chi connectivity index (χ1n) is 5.20. The lowest BCUT2D eigenvalue weighted by molar-refractivity contribution is 0.0961. The van der Waals surface area contributed by atoms with Crippen molar-refractivity contribution in [2.75, 3.05) is 7.05 Å². The number of nitrogens with zero attached hydrogens (tertiary/aromatic N) is 1. The van der Waals surface area contributed by atoms with Crippen LogP contribution < -0.4 is 10.1 Å². The lowest BCUT2D eigenvalue weighted by Gasteiger charge is -2.09. The van der Waals surface area contributed by atoms with Crippen molar-refractivity contribution in [3.8, 4) is 11.5 Å². The van der Waals surface area contributed by atoms with E-state index < -0.39 is 0 Å². The molecule has 0 aliphatic carbocycles. The van der Waals surface area contributed by atoms with E-state index in [9.17, 15) is 4.79 Å². The summed E-state index contributed by atoms with van der Waals surface area (Å²) in [5.74, 6) is 0.938. The van der Waals surface area contributed by atoms with Crippen LogP contribution >= 0.6 is 0 Å². The molecule has 1 aromatic heterocycles. The first-order chi connectivity index (χ1) is 8.31. The highest BCUT2D eigenvalue weighted by Gasteiger charge is 2.10. The summed E-state index contributed by atoms with van der Waals surface area (Å²) in [5, 5.41) is 2.57. The van der Waals surface area contributed by atoms with Gasteiger partial charge in [-0.05, 0) is 24.3 Å². The third-order valence-corrected chi connectivity index (χ3v) is 2.22. The SMILES string of the molecule is CNC(=O)c1ccccc1Oc1cccnc1. The first kappa shape index (κ1) is 11.1. The summed E-state index contributed by atoms with van der Waals surface area (Å²) in [6.07, 6.45) is 3.26. The van der Waals surface area contributed by atoms with Crippen LogP contribution in [-0.4, -0.2) is 17.9 Å². The molecule has 0 atom stereocenters. The molecule has 0 spiro atoms. The highest BCUT2D eigenvalue weighted by atomic mass is 16.5. The Morgan fingerprint density at radius 1 is 1.24 bits per heavy atom. The number of pyridine rings is 1. The van der Waals surface area contributed by atoms with Crippen molar-refractivity contribution >= 4 is 5.91 Å². The molecule has 0 unspecified atom stereocenters. The number of nitrogens with one attached hydrogen (secondary N) is 1. The second-order valence-corrected chi connectivity index (χ2v) is 3.37. The smallest absolute Gasteiger partial charge is 0.254 e. The molecule has 2 rings (SSSR count). The van der Waals surface area contributed by atoms with Gasteiger partial charge in [0.2, 0.25) is 0 Å². The minimum Gasteiger partial charge on any atom is -0.455 e. The van der Waals surface area contributed by atoms with Gasteiger partial charge in [0.25, 0.3) is 5.91 Å². The van der Waals surface area contributed by atoms with E-state index in [-0.39, 0.29) is 5.91 Å². The van der Waals surface area contributed by atoms with Crippen LogP contribution in [0.15, 0.2) is 48.8 Å². The Hall–Kier alpha value is -2.36. The van der Waals surface area contributed by atoms with Crippen LogP contribution in [0.4, 0.5) is 0 Å². The molecule has 0 bridgehead atoms. The number of hydrogen-bond acceptors (Lipinski definition) is 3. The van der Waals surface area contributed by atoms with Gasteiger partial charge in [-0.2, -0.15) is 0 Å². The number of amides is 1. The standard InChI is InChI=1S/C13H12N2O2/c1-14-13(16)11-6-2-3-7-12(11)17-10-5-4-8-15-9-10/h2-9H,1H3,(H,14,16). The Bertz CT molecular complexity index is 512. The van der Waals surface area contributed by atoms with E-state index in [4.69, 9.17) is 4.74 Å². The molecule has 0 radical (unpaired) electrons. The van der Waals surface area contributed by atoms with Gasteiger partial charge in [-0.3, -0.25) is 9.78 Å². The van der Waals surface area contributed by atoms with Crippen molar-refractivity contribution in [2.24, 2.45) is 0 Å². The number of para-hydroxylation sites is 1.